The van der Waals surface area contributed by atoms with Crippen LogP contribution in [0.5, 0.6) is 0 Å². The molecule has 2 atom stereocenters. The molecule has 1 aromatic carbocycles. The highest BCUT2D eigenvalue weighted by Gasteiger charge is 2.34. The van der Waals surface area contributed by atoms with Gasteiger partial charge in [0.05, 0.1) is 6.04 Å². The molecule has 1 fully saturated rings. The number of hydrogen-bond acceptors (Lipinski definition) is 3. The van der Waals surface area contributed by atoms with Gasteiger partial charge in [-0.25, -0.2) is 8.78 Å². The van der Waals surface area contributed by atoms with Crippen molar-refractivity contribution in [2.75, 3.05) is 11.4 Å². The normalized spacial score (nSPS) is 18.8. The van der Waals surface area contributed by atoms with Crippen molar-refractivity contribution < 1.29 is 18.4 Å². The minimum absolute atomic E-state index is 0. The van der Waals surface area contributed by atoms with Crippen LogP contribution in [0.2, 0.25) is 0 Å². The lowest BCUT2D eigenvalue weighted by atomic mass is 10.2. The van der Waals surface area contributed by atoms with Crippen LogP contribution in [-0.4, -0.2) is 30.4 Å². The second-order valence-electron chi connectivity index (χ2n) is 5.22. The summed E-state index contributed by atoms with van der Waals surface area (Å²) in [6.45, 7) is 1.74. The number of para-hydroxylation sites is 1. The Bertz CT molecular complexity index is 549. The number of halogens is 3. The zero-order valence-electron chi connectivity index (χ0n) is 12.0. The third-order valence-electron chi connectivity index (χ3n) is 3.20. The quantitative estimate of drug-likeness (QED) is 0.873. The summed E-state index contributed by atoms with van der Waals surface area (Å²) >= 11 is 0. The number of amides is 2. The highest BCUT2D eigenvalue weighted by Crippen LogP contribution is 2.27. The maximum atomic E-state index is 13.7. The Hall–Kier alpha value is -1.73. The van der Waals surface area contributed by atoms with Gasteiger partial charge in [0, 0.05) is 25.4 Å². The zero-order valence-corrected chi connectivity index (χ0v) is 12.8. The Kier molecular flexibility index (Phi) is 6.25. The number of benzene rings is 1. The highest BCUT2D eigenvalue weighted by molar-refractivity contribution is 5.97. The molecule has 3 N–H and O–H groups in total. The molecule has 2 rings (SSSR count). The molecule has 0 aromatic heterocycles. The predicted octanol–water partition coefficient (Wildman–Crippen LogP) is 1.35. The Balaban J connectivity index is 0.00000242. The van der Waals surface area contributed by atoms with Crippen LogP contribution in [0.25, 0.3) is 0 Å². The van der Waals surface area contributed by atoms with Crippen LogP contribution in [0.15, 0.2) is 18.2 Å². The van der Waals surface area contributed by atoms with Crippen molar-refractivity contribution in [1.29, 1.82) is 0 Å². The molecule has 1 aliphatic rings. The first kappa shape index (κ1) is 18.3. The lowest BCUT2D eigenvalue weighted by molar-refractivity contribution is -0.122. The first-order valence-electron chi connectivity index (χ1n) is 6.67. The van der Waals surface area contributed by atoms with E-state index < -0.39 is 23.6 Å². The molecular weight excluding hydrogens is 316 g/mol. The molecule has 22 heavy (non-hydrogen) atoms. The summed E-state index contributed by atoms with van der Waals surface area (Å²) in [4.78, 5) is 24.6. The van der Waals surface area contributed by atoms with E-state index in [-0.39, 0.29) is 49.4 Å². The van der Waals surface area contributed by atoms with Crippen LogP contribution in [-0.2, 0) is 9.59 Å². The molecule has 122 valence electrons. The maximum Gasteiger partial charge on any atom is 0.229 e. The van der Waals surface area contributed by atoms with Crippen LogP contribution in [0.1, 0.15) is 19.8 Å². The number of hydrogen-bond donors (Lipinski definition) is 2. The summed E-state index contributed by atoms with van der Waals surface area (Å²) < 4.78 is 27.4. The Morgan fingerprint density at radius 2 is 2.05 bits per heavy atom. The van der Waals surface area contributed by atoms with E-state index in [0.717, 1.165) is 17.0 Å². The average Bonchev–Trinajstić information content (AvgIpc) is 2.68. The second-order valence-corrected chi connectivity index (χ2v) is 5.22. The van der Waals surface area contributed by atoms with E-state index >= 15 is 0 Å². The van der Waals surface area contributed by atoms with Crippen molar-refractivity contribution in [3.63, 3.8) is 0 Å². The monoisotopic (exact) mass is 333 g/mol. The van der Waals surface area contributed by atoms with Crippen LogP contribution in [0.4, 0.5) is 14.5 Å². The van der Waals surface area contributed by atoms with E-state index in [0.29, 0.717) is 0 Å². The molecule has 1 heterocycles. The molecule has 8 heteroatoms. The van der Waals surface area contributed by atoms with E-state index in [9.17, 15) is 18.4 Å². The number of anilines is 1. The van der Waals surface area contributed by atoms with Crippen molar-refractivity contribution in [1.82, 2.24) is 5.32 Å². The first-order chi connectivity index (χ1) is 9.88. The molecule has 0 radical (unpaired) electrons. The smallest absolute Gasteiger partial charge is 0.229 e. The van der Waals surface area contributed by atoms with E-state index in [4.69, 9.17) is 5.73 Å². The molecule has 5 nitrogen and oxygen atoms in total. The van der Waals surface area contributed by atoms with Gasteiger partial charge >= 0.3 is 0 Å². The lowest BCUT2D eigenvalue weighted by Gasteiger charge is -2.18. The van der Waals surface area contributed by atoms with E-state index in [2.05, 4.69) is 5.32 Å². The van der Waals surface area contributed by atoms with Gasteiger partial charge in [-0.05, 0) is 19.1 Å². The van der Waals surface area contributed by atoms with Crippen molar-refractivity contribution in [2.45, 2.75) is 31.8 Å². The number of nitrogens with one attached hydrogen (secondary N) is 1. The first-order valence-corrected chi connectivity index (χ1v) is 6.67. The van der Waals surface area contributed by atoms with Gasteiger partial charge in [-0.15, -0.1) is 12.4 Å². The van der Waals surface area contributed by atoms with Crippen molar-refractivity contribution in [2.24, 2.45) is 5.73 Å². The topological polar surface area (TPSA) is 75.4 Å². The van der Waals surface area contributed by atoms with Crippen molar-refractivity contribution in [3.8, 4) is 0 Å². The standard InChI is InChI=1S/C14H17F2N3O2.ClH/c1-8(17)5-12(20)18-9-6-13(21)19(7-9)14-10(15)3-2-4-11(14)16;/h2-4,8-9H,5-7,17H2,1H3,(H,18,20);1H. The second kappa shape index (κ2) is 7.51. The summed E-state index contributed by atoms with van der Waals surface area (Å²) in [6.07, 6.45) is 0.150. The van der Waals surface area contributed by atoms with E-state index in [1.54, 1.807) is 6.92 Å². The van der Waals surface area contributed by atoms with Gasteiger partial charge < -0.3 is 16.0 Å². The van der Waals surface area contributed by atoms with Gasteiger partial charge in [-0.1, -0.05) is 6.07 Å². The molecule has 0 aliphatic carbocycles. The summed E-state index contributed by atoms with van der Waals surface area (Å²) in [6, 6.07) is 2.66. The third-order valence-corrected chi connectivity index (χ3v) is 3.20. The van der Waals surface area contributed by atoms with Crippen molar-refractivity contribution >= 4 is 29.9 Å². The third kappa shape index (κ3) is 4.14. The van der Waals surface area contributed by atoms with Crippen LogP contribution >= 0.6 is 12.4 Å². The van der Waals surface area contributed by atoms with Gasteiger partial charge in [-0.2, -0.15) is 0 Å². The minimum Gasteiger partial charge on any atom is -0.351 e. The fraction of sp³-hybridized carbons (Fsp3) is 0.429. The molecule has 0 spiro atoms. The van der Waals surface area contributed by atoms with Gasteiger partial charge in [0.2, 0.25) is 11.8 Å². The molecule has 1 aromatic rings. The Labute approximate surface area is 133 Å². The number of nitrogens with zero attached hydrogens (tertiary/aromatic N) is 1. The number of carbonyl (C=O) groups excluding carboxylic acids is 2. The van der Waals surface area contributed by atoms with E-state index in [1.807, 2.05) is 0 Å². The van der Waals surface area contributed by atoms with Crippen LogP contribution in [0.3, 0.4) is 0 Å². The fourth-order valence-electron chi connectivity index (χ4n) is 2.35. The molecule has 2 amide bonds. The molecule has 1 aliphatic heterocycles. The SMILES string of the molecule is CC(N)CC(=O)NC1CC(=O)N(c2c(F)cccc2F)C1.Cl. The number of nitrogens with two attached hydrogens (primary N) is 1. The minimum atomic E-state index is -0.800. The lowest BCUT2D eigenvalue weighted by Crippen LogP contribution is -2.39. The van der Waals surface area contributed by atoms with Gasteiger partial charge in [0.15, 0.2) is 0 Å². The van der Waals surface area contributed by atoms with Crippen LogP contribution < -0.4 is 16.0 Å². The summed E-state index contributed by atoms with van der Waals surface area (Å²) in [5, 5.41) is 2.65. The Morgan fingerprint density at radius 1 is 1.45 bits per heavy atom. The molecule has 0 saturated carbocycles. The van der Waals surface area contributed by atoms with Gasteiger partial charge in [0.25, 0.3) is 0 Å². The fourth-order valence-corrected chi connectivity index (χ4v) is 2.35. The molecule has 1 saturated heterocycles. The zero-order chi connectivity index (χ0) is 15.6. The van der Waals surface area contributed by atoms with Gasteiger partial charge in [-0.3, -0.25) is 9.59 Å². The summed E-state index contributed by atoms with van der Waals surface area (Å²) in [5.74, 6) is -2.31. The number of carbonyl (C=O) groups is 2. The molecule has 2 unspecified atom stereocenters. The Morgan fingerprint density at radius 3 is 2.59 bits per heavy atom. The van der Waals surface area contributed by atoms with Crippen molar-refractivity contribution in [3.05, 3.63) is 29.8 Å². The summed E-state index contributed by atoms with van der Waals surface area (Å²) in [5.41, 5.74) is 5.15. The molecule has 0 bridgehead atoms. The predicted molar refractivity (Wildman–Crippen MR) is 80.8 cm³/mol. The number of rotatable bonds is 4. The highest BCUT2D eigenvalue weighted by atomic mass is 35.5. The van der Waals surface area contributed by atoms with Crippen LogP contribution in [0, 0.1) is 11.6 Å². The maximum absolute atomic E-state index is 13.7. The largest absolute Gasteiger partial charge is 0.351 e. The average molecular weight is 334 g/mol. The molecular formula is C14H18ClF2N3O2. The summed E-state index contributed by atoms with van der Waals surface area (Å²) in [7, 11) is 0. The van der Waals surface area contributed by atoms with Gasteiger partial charge in [0.1, 0.15) is 17.3 Å². The van der Waals surface area contributed by atoms with E-state index in [1.165, 1.54) is 6.07 Å².